The van der Waals surface area contributed by atoms with Crippen LogP contribution >= 0.6 is 0 Å². The Balaban J connectivity index is 3.50. The minimum Gasteiger partial charge on any atom is -0.362 e. The van der Waals surface area contributed by atoms with Crippen LogP contribution in [0.1, 0.15) is 13.3 Å². The predicted octanol–water partition coefficient (Wildman–Crippen LogP) is 0.0183. The molecule has 5 heteroatoms. The molecule has 0 heterocycles. The second-order valence-corrected chi connectivity index (χ2v) is 1.51. The standard InChI is InChI=1S/C4H6N3O2/c1-3(8)2-4(9)6-7-5/h2H2,1H3,(H-,5,6,9)/q-1. The molecule has 0 aromatic heterocycles. The van der Waals surface area contributed by atoms with E-state index in [0.29, 0.717) is 0 Å². The van der Waals surface area contributed by atoms with Crippen LogP contribution < -0.4 is 5.43 Å². The van der Waals surface area contributed by atoms with Crippen LogP contribution in [0.2, 0.25) is 0 Å². The van der Waals surface area contributed by atoms with Gasteiger partial charge in [0, 0.05) is 0 Å². The summed E-state index contributed by atoms with van der Waals surface area (Å²) in [5, 5.41) is 2.34. The van der Waals surface area contributed by atoms with Crippen molar-refractivity contribution >= 4 is 11.7 Å². The lowest BCUT2D eigenvalue weighted by atomic mass is 10.3. The molecule has 1 N–H and O–H groups in total. The third-order valence-electron chi connectivity index (χ3n) is 0.584. The van der Waals surface area contributed by atoms with E-state index in [4.69, 9.17) is 5.53 Å². The predicted molar refractivity (Wildman–Crippen MR) is 29.2 cm³/mol. The first kappa shape index (κ1) is 7.74. The van der Waals surface area contributed by atoms with Gasteiger partial charge >= 0.3 is 0 Å². The van der Waals surface area contributed by atoms with E-state index in [2.05, 4.69) is 5.22 Å². The van der Waals surface area contributed by atoms with Crippen molar-refractivity contribution in [3.8, 4) is 0 Å². The Bertz CT molecular complexity index is 143. The number of hydrogen-bond donors (Lipinski definition) is 1. The molecular formula is C4H6N3O2-. The van der Waals surface area contributed by atoms with E-state index in [1.807, 2.05) is 0 Å². The van der Waals surface area contributed by atoms with Gasteiger partial charge in [-0.2, -0.15) is 0 Å². The molecule has 0 aliphatic carbocycles. The molecule has 9 heavy (non-hydrogen) atoms. The summed E-state index contributed by atoms with van der Waals surface area (Å²) in [7, 11) is 0. The van der Waals surface area contributed by atoms with Crippen molar-refractivity contribution in [3.63, 3.8) is 0 Å². The Morgan fingerprint density at radius 3 is 2.56 bits per heavy atom. The second kappa shape index (κ2) is 3.71. The molecule has 0 aliphatic heterocycles. The van der Waals surface area contributed by atoms with E-state index in [9.17, 15) is 9.59 Å². The maximum absolute atomic E-state index is 10.3. The minimum atomic E-state index is -0.606. The Morgan fingerprint density at radius 1 is 1.67 bits per heavy atom. The fourth-order valence-electron chi connectivity index (χ4n) is 0.321. The molecule has 0 atom stereocenters. The summed E-state index contributed by atoms with van der Waals surface area (Å²) in [5.74, 6) is -0.874. The number of nitrogens with one attached hydrogen (secondary N) is 1. The van der Waals surface area contributed by atoms with Gasteiger partial charge in [0.1, 0.15) is 5.78 Å². The van der Waals surface area contributed by atoms with E-state index in [-0.39, 0.29) is 12.2 Å². The van der Waals surface area contributed by atoms with Gasteiger partial charge in [0.2, 0.25) is 0 Å². The zero-order valence-corrected chi connectivity index (χ0v) is 4.92. The van der Waals surface area contributed by atoms with Crippen LogP contribution in [-0.4, -0.2) is 11.7 Å². The van der Waals surface area contributed by atoms with Gasteiger partial charge in [0.05, 0.1) is 6.42 Å². The van der Waals surface area contributed by atoms with Gasteiger partial charge in [-0.15, -0.1) is 0 Å². The van der Waals surface area contributed by atoms with Crippen LogP contribution in [0.25, 0.3) is 5.53 Å². The highest BCUT2D eigenvalue weighted by molar-refractivity contribution is 5.96. The number of carbonyl (C=O) groups is 2. The van der Waals surface area contributed by atoms with E-state index in [1.165, 1.54) is 6.92 Å². The molecule has 0 radical (unpaired) electrons. The monoisotopic (exact) mass is 128 g/mol. The Labute approximate surface area is 51.9 Å². The Kier molecular flexibility index (Phi) is 3.19. The van der Waals surface area contributed by atoms with Gasteiger partial charge in [0.25, 0.3) is 0 Å². The zero-order valence-electron chi connectivity index (χ0n) is 4.92. The van der Waals surface area contributed by atoms with Gasteiger partial charge in [-0.05, 0) is 6.92 Å². The molecule has 0 aromatic carbocycles. The third kappa shape index (κ3) is 4.60. The summed E-state index contributed by atoms with van der Waals surface area (Å²) >= 11 is 0. The second-order valence-electron chi connectivity index (χ2n) is 1.51. The number of ketones is 1. The number of amides is 1. The molecule has 0 aromatic rings. The van der Waals surface area contributed by atoms with Gasteiger partial charge in [0.15, 0.2) is 5.91 Å². The summed E-state index contributed by atoms with van der Waals surface area (Å²) in [5.41, 5.74) is 9.43. The van der Waals surface area contributed by atoms with Crippen molar-refractivity contribution in [1.29, 1.82) is 0 Å². The van der Waals surface area contributed by atoms with Crippen molar-refractivity contribution in [2.45, 2.75) is 13.3 Å². The highest BCUT2D eigenvalue weighted by Crippen LogP contribution is 1.79. The summed E-state index contributed by atoms with van der Waals surface area (Å²) in [6.45, 7) is 1.27. The molecule has 0 rings (SSSR count). The Morgan fingerprint density at radius 2 is 2.22 bits per heavy atom. The topological polar surface area (TPSA) is 80.8 Å². The molecule has 0 bridgehead atoms. The van der Waals surface area contributed by atoms with Crippen molar-refractivity contribution in [2.24, 2.45) is 5.22 Å². The number of Topliss-reactive ketones (excluding diaryl/α,β-unsaturated/α-hetero) is 1. The number of hydrogen-bond acceptors (Lipinski definition) is 3. The fourth-order valence-corrected chi connectivity index (χ4v) is 0.321. The highest BCUT2D eigenvalue weighted by atomic mass is 16.2. The number of rotatable bonds is 3. The van der Waals surface area contributed by atoms with Crippen LogP contribution in [0.15, 0.2) is 5.22 Å². The average Bonchev–Trinajstić information content (AvgIpc) is 1.63. The first-order valence-corrected chi connectivity index (χ1v) is 2.29. The molecule has 1 amide bonds. The van der Waals surface area contributed by atoms with E-state index in [1.54, 1.807) is 5.43 Å². The summed E-state index contributed by atoms with van der Waals surface area (Å²) in [4.78, 5) is 20.4. The number of carbonyl (C=O) groups excluding carboxylic acids is 2. The first-order valence-electron chi connectivity index (χ1n) is 2.29. The van der Waals surface area contributed by atoms with E-state index >= 15 is 0 Å². The summed E-state index contributed by atoms with van der Waals surface area (Å²) < 4.78 is 0. The molecule has 0 saturated carbocycles. The van der Waals surface area contributed by atoms with Crippen molar-refractivity contribution in [2.75, 3.05) is 0 Å². The summed E-state index contributed by atoms with van der Waals surface area (Å²) in [6, 6.07) is 0. The van der Waals surface area contributed by atoms with E-state index in [0.717, 1.165) is 0 Å². The lowest BCUT2D eigenvalue weighted by Crippen LogP contribution is -2.18. The molecule has 0 saturated heterocycles. The molecule has 0 fully saturated rings. The molecule has 5 nitrogen and oxygen atoms in total. The van der Waals surface area contributed by atoms with Crippen molar-refractivity contribution < 1.29 is 9.59 Å². The molecule has 0 unspecified atom stereocenters. The van der Waals surface area contributed by atoms with Crippen LogP contribution in [-0.2, 0) is 9.59 Å². The molecular weight excluding hydrogens is 122 g/mol. The SMILES string of the molecule is CC(=O)CC(=O)NN=[N-]. The third-order valence-corrected chi connectivity index (χ3v) is 0.584. The van der Waals surface area contributed by atoms with Crippen LogP contribution in [0.4, 0.5) is 0 Å². The van der Waals surface area contributed by atoms with Crippen LogP contribution in [0.3, 0.4) is 0 Å². The zero-order chi connectivity index (χ0) is 7.28. The lowest BCUT2D eigenvalue weighted by molar-refractivity contribution is -0.127. The van der Waals surface area contributed by atoms with Gasteiger partial charge < -0.3 is 11.0 Å². The molecule has 0 spiro atoms. The van der Waals surface area contributed by atoms with Crippen LogP contribution in [0, 0.1) is 0 Å². The van der Waals surface area contributed by atoms with Gasteiger partial charge in [-0.25, -0.2) is 0 Å². The maximum atomic E-state index is 10.3. The van der Waals surface area contributed by atoms with Gasteiger partial charge in [-0.1, -0.05) is 0 Å². The molecule has 0 aliphatic rings. The maximum Gasteiger partial charge on any atom is 0.165 e. The largest absolute Gasteiger partial charge is 0.362 e. The van der Waals surface area contributed by atoms with Crippen molar-refractivity contribution in [1.82, 2.24) is 5.43 Å². The van der Waals surface area contributed by atoms with Crippen molar-refractivity contribution in [3.05, 3.63) is 5.53 Å². The highest BCUT2D eigenvalue weighted by Gasteiger charge is 1.96. The number of nitrogens with zero attached hydrogens (tertiary/aromatic N) is 2. The quantitative estimate of drug-likeness (QED) is 0.330. The minimum absolute atomic E-state index is 0.246. The average molecular weight is 128 g/mol. The smallest absolute Gasteiger partial charge is 0.165 e. The Hall–Kier alpha value is -1.26. The lowest BCUT2D eigenvalue weighted by Gasteiger charge is -1.99. The first-order chi connectivity index (χ1) is 4.16. The van der Waals surface area contributed by atoms with Gasteiger partial charge in [-0.3, -0.25) is 14.8 Å². The fraction of sp³-hybridized carbons (Fsp3) is 0.500. The van der Waals surface area contributed by atoms with Crippen LogP contribution in [0.5, 0.6) is 0 Å². The summed E-state index contributed by atoms with van der Waals surface area (Å²) in [6.07, 6.45) is -0.246. The normalized spacial score (nSPS) is 8.11. The van der Waals surface area contributed by atoms with E-state index < -0.39 is 5.91 Å². The molecule has 50 valence electrons.